The lowest BCUT2D eigenvalue weighted by Crippen LogP contribution is -2.48. The van der Waals surface area contributed by atoms with Gasteiger partial charge >= 0.3 is 0 Å². The molecule has 1 atom stereocenters. The second-order valence-corrected chi connectivity index (χ2v) is 9.55. The largest absolute Gasteiger partial charge is 0.342 e. The van der Waals surface area contributed by atoms with Gasteiger partial charge in [0.05, 0.1) is 5.69 Å². The van der Waals surface area contributed by atoms with Crippen molar-refractivity contribution >= 4 is 17.5 Å². The van der Waals surface area contributed by atoms with Gasteiger partial charge in [-0.05, 0) is 61.8 Å². The molecular formula is C27H28ClN3O. The molecule has 1 saturated heterocycles. The summed E-state index contributed by atoms with van der Waals surface area (Å²) >= 11 is 5.97. The molecule has 0 N–H and O–H groups in total. The van der Waals surface area contributed by atoms with E-state index in [4.69, 9.17) is 16.6 Å². The second kappa shape index (κ2) is 9.03. The van der Waals surface area contributed by atoms with Crippen molar-refractivity contribution in [2.24, 2.45) is 0 Å². The van der Waals surface area contributed by atoms with Gasteiger partial charge < -0.3 is 4.90 Å². The first-order chi connectivity index (χ1) is 15.6. The zero-order chi connectivity index (χ0) is 22.0. The summed E-state index contributed by atoms with van der Waals surface area (Å²) in [6.45, 7) is 1.64. The van der Waals surface area contributed by atoms with Gasteiger partial charge in [-0.3, -0.25) is 4.79 Å². The number of aromatic nitrogens is 2. The molecule has 3 aromatic rings. The van der Waals surface area contributed by atoms with Crippen LogP contribution in [0.5, 0.6) is 0 Å². The Kier molecular flexibility index (Phi) is 5.97. The molecule has 164 valence electrons. The van der Waals surface area contributed by atoms with Crippen molar-refractivity contribution in [1.29, 1.82) is 0 Å². The van der Waals surface area contributed by atoms with Crippen molar-refractivity contribution in [1.82, 2.24) is 14.9 Å². The van der Waals surface area contributed by atoms with E-state index in [1.165, 1.54) is 16.8 Å². The number of fused-ring (bicyclic) bond motifs is 2. The maximum absolute atomic E-state index is 13.1. The van der Waals surface area contributed by atoms with E-state index in [9.17, 15) is 4.79 Å². The molecule has 0 bridgehead atoms. The normalized spacial score (nSPS) is 19.8. The number of amides is 1. The van der Waals surface area contributed by atoms with E-state index in [1.54, 1.807) is 0 Å². The fourth-order valence-corrected chi connectivity index (χ4v) is 5.39. The van der Waals surface area contributed by atoms with E-state index in [2.05, 4.69) is 22.0 Å². The van der Waals surface area contributed by atoms with Crippen molar-refractivity contribution in [3.63, 3.8) is 0 Å². The Bertz CT molecular complexity index is 1100. The zero-order valence-corrected chi connectivity index (χ0v) is 19.0. The van der Waals surface area contributed by atoms with Gasteiger partial charge in [0.25, 0.3) is 0 Å². The molecule has 5 rings (SSSR count). The molecular weight excluding hydrogens is 418 g/mol. The second-order valence-electron chi connectivity index (χ2n) is 9.11. The van der Waals surface area contributed by atoms with Crippen LogP contribution in [0.4, 0.5) is 0 Å². The summed E-state index contributed by atoms with van der Waals surface area (Å²) in [4.78, 5) is 24.8. The van der Waals surface area contributed by atoms with E-state index in [0.29, 0.717) is 6.42 Å². The molecule has 1 fully saturated rings. The van der Waals surface area contributed by atoms with E-state index in [-0.39, 0.29) is 11.3 Å². The highest BCUT2D eigenvalue weighted by molar-refractivity contribution is 6.30. The highest BCUT2D eigenvalue weighted by Crippen LogP contribution is 2.44. The molecule has 2 heterocycles. The van der Waals surface area contributed by atoms with Crippen molar-refractivity contribution in [3.8, 4) is 11.4 Å². The Morgan fingerprint density at radius 2 is 1.88 bits per heavy atom. The predicted octanol–water partition coefficient (Wildman–Crippen LogP) is 5.63. The molecule has 4 nitrogen and oxygen atoms in total. The van der Waals surface area contributed by atoms with Crippen LogP contribution < -0.4 is 0 Å². The van der Waals surface area contributed by atoms with E-state index in [1.807, 2.05) is 48.7 Å². The lowest BCUT2D eigenvalue weighted by molar-refractivity contribution is -0.133. The molecule has 1 amide bonds. The third kappa shape index (κ3) is 4.29. The molecule has 1 unspecified atom stereocenters. The van der Waals surface area contributed by atoms with Gasteiger partial charge in [-0.1, -0.05) is 54.1 Å². The molecule has 1 spiro atoms. The molecule has 32 heavy (non-hydrogen) atoms. The Morgan fingerprint density at radius 3 is 2.69 bits per heavy atom. The lowest BCUT2D eigenvalue weighted by Gasteiger charge is -2.40. The summed E-state index contributed by atoms with van der Waals surface area (Å²) in [5.74, 6) is 1.06. The smallest absolute Gasteiger partial charge is 0.222 e. The molecule has 2 aromatic carbocycles. The minimum Gasteiger partial charge on any atom is -0.342 e. The minimum absolute atomic E-state index is 0.0219. The maximum Gasteiger partial charge on any atom is 0.222 e. The first kappa shape index (κ1) is 21.1. The number of likely N-dealkylation sites (tertiary alicyclic amines) is 1. The number of benzene rings is 2. The van der Waals surface area contributed by atoms with Crippen LogP contribution in [0, 0.1) is 0 Å². The number of hydrogen-bond donors (Lipinski definition) is 0. The topological polar surface area (TPSA) is 46.1 Å². The van der Waals surface area contributed by atoms with E-state index >= 15 is 0 Å². The number of carbonyl (C=O) groups excluding carboxylic acids is 1. The van der Waals surface area contributed by atoms with Gasteiger partial charge in [0, 0.05) is 41.7 Å². The van der Waals surface area contributed by atoms with Crippen LogP contribution in [0.2, 0.25) is 5.02 Å². The highest BCUT2D eigenvalue weighted by atomic mass is 35.5. The Morgan fingerprint density at radius 1 is 1.06 bits per heavy atom. The fraction of sp³-hybridized carbons (Fsp3) is 0.370. The van der Waals surface area contributed by atoms with Gasteiger partial charge in [-0.2, -0.15) is 0 Å². The van der Waals surface area contributed by atoms with Gasteiger partial charge in [0.2, 0.25) is 5.91 Å². The van der Waals surface area contributed by atoms with Crippen molar-refractivity contribution in [2.75, 3.05) is 13.1 Å². The molecule has 5 heteroatoms. The molecule has 1 aromatic heterocycles. The quantitative estimate of drug-likeness (QED) is 0.511. The molecule has 1 aliphatic heterocycles. The van der Waals surface area contributed by atoms with E-state index < -0.39 is 0 Å². The summed E-state index contributed by atoms with van der Waals surface area (Å²) < 4.78 is 0. The summed E-state index contributed by atoms with van der Waals surface area (Å²) in [5, 5.41) is 0.750. The minimum atomic E-state index is -0.0219. The van der Waals surface area contributed by atoms with Gasteiger partial charge in [-0.25, -0.2) is 9.97 Å². The standard InChI is InChI=1S/C27H28ClN3O/c28-23-12-10-20(11-13-23)6-4-9-24(32)31-17-5-15-27(19-31)16-14-22-18-29-26(30-25(22)27)21-7-2-1-3-8-21/h1-3,7-8,10-13,18H,4-6,9,14-17,19H2. The van der Waals surface area contributed by atoms with Crippen LogP contribution in [0.1, 0.15) is 48.9 Å². The Labute approximate surface area is 194 Å². The number of carbonyl (C=O) groups is 1. The summed E-state index contributed by atoms with van der Waals surface area (Å²) in [6, 6.07) is 18.1. The molecule has 1 aliphatic carbocycles. The monoisotopic (exact) mass is 445 g/mol. The number of rotatable bonds is 5. The van der Waals surface area contributed by atoms with E-state index in [0.717, 1.165) is 68.0 Å². The highest BCUT2D eigenvalue weighted by Gasteiger charge is 2.44. The van der Waals surface area contributed by atoms with Gasteiger partial charge in [0.1, 0.15) is 0 Å². The molecule has 0 radical (unpaired) electrons. The summed E-state index contributed by atoms with van der Waals surface area (Å²) in [7, 11) is 0. The maximum atomic E-state index is 13.1. The van der Waals surface area contributed by atoms with Crippen LogP contribution in [0.15, 0.2) is 60.8 Å². The summed E-state index contributed by atoms with van der Waals surface area (Å²) in [5.41, 5.74) is 4.67. The number of halogens is 1. The number of hydrogen-bond acceptors (Lipinski definition) is 3. The third-order valence-electron chi connectivity index (χ3n) is 6.97. The molecule has 0 saturated carbocycles. The first-order valence-corrected chi connectivity index (χ1v) is 11.9. The fourth-order valence-electron chi connectivity index (χ4n) is 5.26. The number of nitrogens with zero attached hydrogens (tertiary/aromatic N) is 3. The third-order valence-corrected chi connectivity index (χ3v) is 7.22. The van der Waals surface area contributed by atoms with Crippen LogP contribution in [-0.2, 0) is 23.1 Å². The van der Waals surface area contributed by atoms with Gasteiger partial charge in [-0.15, -0.1) is 0 Å². The van der Waals surface area contributed by atoms with Crippen LogP contribution in [0.3, 0.4) is 0 Å². The average Bonchev–Trinajstić information content (AvgIpc) is 3.17. The number of aryl methyl sites for hydroxylation is 2. The van der Waals surface area contributed by atoms with Crippen LogP contribution >= 0.6 is 11.6 Å². The Hall–Kier alpha value is -2.72. The number of piperidine rings is 1. The van der Waals surface area contributed by atoms with Crippen molar-refractivity contribution in [2.45, 2.75) is 50.4 Å². The average molecular weight is 446 g/mol. The van der Waals surface area contributed by atoms with Crippen molar-refractivity contribution < 1.29 is 4.79 Å². The summed E-state index contributed by atoms with van der Waals surface area (Å²) in [6.07, 6.45) is 8.55. The SMILES string of the molecule is O=C(CCCc1ccc(Cl)cc1)N1CCCC2(CCc3cnc(-c4ccccc4)nc32)C1. The van der Waals surface area contributed by atoms with Gasteiger partial charge in [0.15, 0.2) is 5.82 Å². The Balaban J connectivity index is 1.28. The van der Waals surface area contributed by atoms with Crippen LogP contribution in [-0.4, -0.2) is 33.9 Å². The molecule has 2 aliphatic rings. The predicted molar refractivity (Wildman–Crippen MR) is 128 cm³/mol. The zero-order valence-electron chi connectivity index (χ0n) is 18.3. The first-order valence-electron chi connectivity index (χ1n) is 11.6. The van der Waals surface area contributed by atoms with Crippen molar-refractivity contribution in [3.05, 3.63) is 82.6 Å². The lowest BCUT2D eigenvalue weighted by atomic mass is 9.77. The van der Waals surface area contributed by atoms with Crippen LogP contribution in [0.25, 0.3) is 11.4 Å².